The number of aromatic amines is 1. The Balaban J connectivity index is 1.78. The molecule has 0 radical (unpaired) electrons. The van der Waals surface area contributed by atoms with Crippen LogP contribution in [0.4, 0.5) is 19.0 Å². The number of amides is 1. The van der Waals surface area contributed by atoms with Crippen LogP contribution in [0.15, 0.2) is 40.5 Å². The number of carbonyl (C=O) groups excluding carboxylic acids is 1. The van der Waals surface area contributed by atoms with Crippen molar-refractivity contribution >= 4 is 11.7 Å². The Morgan fingerprint density at radius 2 is 2.29 bits per heavy atom. The monoisotopic (exact) mass is 435 g/mol. The van der Waals surface area contributed by atoms with Crippen LogP contribution in [0.5, 0.6) is 0 Å². The van der Waals surface area contributed by atoms with Crippen molar-refractivity contribution in [2.45, 2.75) is 37.8 Å². The molecule has 1 saturated heterocycles. The standard InChI is InChI=1S/C19H20F3N7O2/c1-11(17(30)27-16-3-2-14(20)9-24-16)29-5-4-19(21,22)15(10-29)12-6-13(8-26-28-23)18(31)25-7-12/h2-3,6-7,9,11,15H,4-5,8,10H2,1H3,(H,25,31)(H,24,27,30). The van der Waals surface area contributed by atoms with Crippen LogP contribution in [0, 0.1) is 5.82 Å². The molecule has 2 N–H and O–H groups in total. The van der Waals surface area contributed by atoms with E-state index in [1.54, 1.807) is 11.8 Å². The summed E-state index contributed by atoms with van der Waals surface area (Å²) >= 11 is 0. The predicted octanol–water partition coefficient (Wildman–Crippen LogP) is 3.17. The van der Waals surface area contributed by atoms with E-state index in [0.717, 1.165) is 12.3 Å². The first-order valence-corrected chi connectivity index (χ1v) is 9.48. The average Bonchev–Trinajstić information content (AvgIpc) is 2.74. The number of pyridine rings is 2. The number of hydrogen-bond donors (Lipinski definition) is 2. The lowest BCUT2D eigenvalue weighted by Crippen LogP contribution is -2.52. The minimum Gasteiger partial charge on any atom is -0.329 e. The maximum Gasteiger partial charge on any atom is 0.257 e. The van der Waals surface area contributed by atoms with Gasteiger partial charge in [0.1, 0.15) is 11.6 Å². The van der Waals surface area contributed by atoms with Crippen molar-refractivity contribution in [3.05, 3.63) is 68.3 Å². The van der Waals surface area contributed by atoms with Crippen LogP contribution in [0.1, 0.15) is 30.4 Å². The van der Waals surface area contributed by atoms with E-state index < -0.39 is 41.6 Å². The molecule has 0 aliphatic carbocycles. The van der Waals surface area contributed by atoms with Crippen molar-refractivity contribution in [3.8, 4) is 0 Å². The minimum absolute atomic E-state index is 0.0101. The highest BCUT2D eigenvalue weighted by molar-refractivity contribution is 5.93. The number of anilines is 1. The number of azide groups is 1. The topological polar surface area (TPSA) is 127 Å². The first kappa shape index (κ1) is 22.3. The van der Waals surface area contributed by atoms with Crippen LogP contribution in [0.3, 0.4) is 0 Å². The SMILES string of the molecule is CC(C(=O)Nc1ccc(F)cn1)N1CCC(F)(F)C(c2c[nH]c(=O)c(CN=[N+]=[N-])c2)C1. The van der Waals surface area contributed by atoms with E-state index in [-0.39, 0.29) is 36.6 Å². The molecule has 1 fully saturated rings. The van der Waals surface area contributed by atoms with Gasteiger partial charge in [0, 0.05) is 36.2 Å². The van der Waals surface area contributed by atoms with Gasteiger partial charge in [-0.2, -0.15) is 0 Å². The van der Waals surface area contributed by atoms with E-state index >= 15 is 0 Å². The molecule has 0 bridgehead atoms. The average molecular weight is 435 g/mol. The maximum atomic E-state index is 14.7. The third-order valence-electron chi connectivity index (χ3n) is 5.27. The van der Waals surface area contributed by atoms with Crippen molar-refractivity contribution < 1.29 is 18.0 Å². The Bertz CT molecular complexity index is 1050. The number of alkyl halides is 2. The highest BCUT2D eigenvalue weighted by Gasteiger charge is 2.46. The molecule has 3 rings (SSSR count). The van der Waals surface area contributed by atoms with Crippen LogP contribution >= 0.6 is 0 Å². The van der Waals surface area contributed by atoms with Gasteiger partial charge in [0.2, 0.25) is 5.91 Å². The Kier molecular flexibility index (Phi) is 6.62. The summed E-state index contributed by atoms with van der Waals surface area (Å²) in [4.78, 5) is 34.8. The number of likely N-dealkylation sites (tertiary alicyclic amines) is 1. The summed E-state index contributed by atoms with van der Waals surface area (Å²) in [5.41, 5.74) is 8.19. The third-order valence-corrected chi connectivity index (χ3v) is 5.27. The Morgan fingerprint density at radius 1 is 1.52 bits per heavy atom. The molecule has 0 saturated carbocycles. The van der Waals surface area contributed by atoms with E-state index in [0.29, 0.717) is 0 Å². The molecule has 2 aromatic heterocycles. The lowest BCUT2D eigenvalue weighted by molar-refractivity contribution is -0.125. The fraction of sp³-hybridized carbons (Fsp3) is 0.421. The smallest absolute Gasteiger partial charge is 0.257 e. The zero-order chi connectivity index (χ0) is 22.6. The molecule has 12 heteroatoms. The fourth-order valence-electron chi connectivity index (χ4n) is 3.45. The number of hydrogen-bond acceptors (Lipinski definition) is 5. The Hall–Kier alpha value is -3.37. The van der Waals surface area contributed by atoms with E-state index in [1.807, 2.05) is 0 Å². The molecule has 9 nitrogen and oxygen atoms in total. The number of rotatable bonds is 6. The third kappa shape index (κ3) is 5.22. The molecule has 1 amide bonds. The first-order valence-electron chi connectivity index (χ1n) is 9.48. The van der Waals surface area contributed by atoms with Gasteiger partial charge in [-0.15, -0.1) is 0 Å². The van der Waals surface area contributed by atoms with Crippen LogP contribution in [0.2, 0.25) is 0 Å². The van der Waals surface area contributed by atoms with Crippen molar-refractivity contribution in [1.82, 2.24) is 14.9 Å². The van der Waals surface area contributed by atoms with Crippen LogP contribution in [-0.2, 0) is 11.3 Å². The molecule has 1 aliphatic heterocycles. The summed E-state index contributed by atoms with van der Waals surface area (Å²) in [6.45, 7) is 1.18. The first-order chi connectivity index (χ1) is 14.7. The maximum absolute atomic E-state index is 14.7. The van der Waals surface area contributed by atoms with Crippen LogP contribution in [-0.4, -0.2) is 45.8 Å². The van der Waals surface area contributed by atoms with Gasteiger partial charge in [-0.3, -0.25) is 14.5 Å². The molecule has 1 aliphatic rings. The number of nitrogens with one attached hydrogen (secondary N) is 2. The van der Waals surface area contributed by atoms with Crippen molar-refractivity contribution in [2.24, 2.45) is 5.11 Å². The predicted molar refractivity (Wildman–Crippen MR) is 106 cm³/mol. The molecule has 31 heavy (non-hydrogen) atoms. The quantitative estimate of drug-likeness (QED) is 0.410. The number of halogens is 3. The Labute approximate surface area is 174 Å². The van der Waals surface area contributed by atoms with Gasteiger partial charge in [0.05, 0.1) is 24.7 Å². The molecule has 3 heterocycles. The van der Waals surface area contributed by atoms with Gasteiger partial charge in [-0.25, -0.2) is 18.2 Å². The molecular weight excluding hydrogens is 415 g/mol. The van der Waals surface area contributed by atoms with Crippen molar-refractivity contribution in [3.63, 3.8) is 0 Å². The molecule has 2 atom stereocenters. The summed E-state index contributed by atoms with van der Waals surface area (Å²) < 4.78 is 42.4. The molecular formula is C19H20F3N7O2. The molecule has 0 aromatic carbocycles. The summed E-state index contributed by atoms with van der Waals surface area (Å²) in [5.74, 6) is -5.19. The van der Waals surface area contributed by atoms with Gasteiger partial charge in [0.15, 0.2) is 0 Å². The van der Waals surface area contributed by atoms with Crippen LogP contribution < -0.4 is 10.9 Å². The lowest BCUT2D eigenvalue weighted by atomic mass is 9.86. The summed E-state index contributed by atoms with van der Waals surface area (Å²) in [6, 6.07) is 3.01. The second-order valence-electron chi connectivity index (χ2n) is 7.26. The summed E-state index contributed by atoms with van der Waals surface area (Å²) in [6.07, 6.45) is 1.70. The van der Waals surface area contributed by atoms with E-state index in [9.17, 15) is 22.8 Å². The number of H-pyrrole nitrogens is 1. The molecule has 164 valence electrons. The van der Waals surface area contributed by atoms with Gasteiger partial charge < -0.3 is 10.3 Å². The van der Waals surface area contributed by atoms with E-state index in [1.165, 1.54) is 18.3 Å². The number of carbonyl (C=O) groups is 1. The van der Waals surface area contributed by atoms with E-state index in [2.05, 4.69) is 25.3 Å². The fourth-order valence-corrected chi connectivity index (χ4v) is 3.45. The second kappa shape index (κ2) is 9.19. The lowest BCUT2D eigenvalue weighted by Gasteiger charge is -2.40. The number of piperidine rings is 1. The number of nitrogens with zero attached hydrogens (tertiary/aromatic N) is 5. The van der Waals surface area contributed by atoms with Crippen molar-refractivity contribution in [1.29, 1.82) is 0 Å². The van der Waals surface area contributed by atoms with Crippen LogP contribution in [0.25, 0.3) is 10.4 Å². The molecule has 2 aromatic rings. The zero-order valence-electron chi connectivity index (χ0n) is 16.6. The minimum atomic E-state index is -3.06. The summed E-state index contributed by atoms with van der Waals surface area (Å²) in [7, 11) is 0. The zero-order valence-corrected chi connectivity index (χ0v) is 16.6. The molecule has 2 unspecified atom stereocenters. The van der Waals surface area contributed by atoms with Gasteiger partial charge in [-0.1, -0.05) is 5.11 Å². The van der Waals surface area contributed by atoms with Gasteiger partial charge in [0.25, 0.3) is 11.5 Å². The molecule has 0 spiro atoms. The van der Waals surface area contributed by atoms with Crippen molar-refractivity contribution in [2.75, 3.05) is 18.4 Å². The van der Waals surface area contributed by atoms with Gasteiger partial charge in [-0.05, 0) is 36.2 Å². The second-order valence-corrected chi connectivity index (χ2v) is 7.26. The summed E-state index contributed by atoms with van der Waals surface area (Å²) in [5, 5.41) is 5.86. The highest BCUT2D eigenvalue weighted by Crippen LogP contribution is 2.40. The number of aromatic nitrogens is 2. The normalized spacial score (nSPS) is 19.3. The van der Waals surface area contributed by atoms with Gasteiger partial charge >= 0.3 is 0 Å². The highest BCUT2D eigenvalue weighted by atomic mass is 19.3. The van der Waals surface area contributed by atoms with E-state index in [4.69, 9.17) is 5.53 Å². The Morgan fingerprint density at radius 3 is 2.97 bits per heavy atom. The largest absolute Gasteiger partial charge is 0.329 e.